The molecule has 2 aromatic rings. The number of nitrogens with one attached hydrogen (secondary N) is 1. The first-order chi connectivity index (χ1) is 8.99. The third-order valence-corrected chi connectivity index (χ3v) is 3.56. The van der Waals surface area contributed by atoms with Crippen molar-refractivity contribution in [3.8, 4) is 0 Å². The molecule has 19 heavy (non-hydrogen) atoms. The van der Waals surface area contributed by atoms with Crippen LogP contribution >= 0.6 is 22.6 Å². The minimum Gasteiger partial charge on any atom is -0.374 e. The summed E-state index contributed by atoms with van der Waals surface area (Å²) < 4.78 is 2.62. The Kier molecular flexibility index (Phi) is 3.98. The molecule has 0 amide bonds. The molecule has 1 unspecified atom stereocenters. The Balaban J connectivity index is 2.20. The van der Waals surface area contributed by atoms with Gasteiger partial charge in [-0.2, -0.15) is 0 Å². The van der Waals surface area contributed by atoms with Gasteiger partial charge in [-0.15, -0.1) is 10.2 Å². The molecule has 2 rings (SSSR count). The van der Waals surface area contributed by atoms with Crippen LogP contribution in [0, 0.1) is 13.7 Å². The Labute approximate surface area is 123 Å². The molecule has 7 nitrogen and oxygen atoms in total. The van der Waals surface area contributed by atoms with Crippen molar-refractivity contribution < 1.29 is 4.92 Å². The van der Waals surface area contributed by atoms with Gasteiger partial charge in [-0.1, -0.05) is 0 Å². The smallest absolute Gasteiger partial charge is 0.270 e. The van der Waals surface area contributed by atoms with E-state index in [2.05, 4.69) is 38.1 Å². The lowest BCUT2D eigenvalue weighted by Crippen LogP contribution is -2.12. The van der Waals surface area contributed by atoms with Crippen LogP contribution in [0.5, 0.6) is 0 Å². The zero-order chi connectivity index (χ0) is 14.0. The molecule has 0 aliphatic rings. The van der Waals surface area contributed by atoms with E-state index in [0.29, 0.717) is 0 Å². The SMILES string of the molecule is CC(Nc1ccc([N+](=O)[O-])cc1I)c1nncn1C. The van der Waals surface area contributed by atoms with Crippen molar-refractivity contribution >= 4 is 34.0 Å². The van der Waals surface area contributed by atoms with Crippen molar-refractivity contribution in [2.24, 2.45) is 7.05 Å². The highest BCUT2D eigenvalue weighted by Crippen LogP contribution is 2.26. The van der Waals surface area contributed by atoms with Crippen LogP contribution in [-0.2, 0) is 7.05 Å². The Hall–Kier alpha value is -1.71. The van der Waals surface area contributed by atoms with E-state index in [1.54, 1.807) is 12.4 Å². The maximum absolute atomic E-state index is 10.7. The van der Waals surface area contributed by atoms with Gasteiger partial charge < -0.3 is 9.88 Å². The Bertz CT molecular complexity index is 613. The number of aromatic nitrogens is 3. The number of nitro groups is 1. The molecule has 8 heteroatoms. The highest BCUT2D eigenvalue weighted by atomic mass is 127. The van der Waals surface area contributed by atoms with Gasteiger partial charge in [0, 0.05) is 28.4 Å². The molecule has 0 bridgehead atoms. The molecule has 1 atom stereocenters. The molecule has 0 aliphatic heterocycles. The van der Waals surface area contributed by atoms with Crippen molar-refractivity contribution in [2.75, 3.05) is 5.32 Å². The summed E-state index contributed by atoms with van der Waals surface area (Å²) in [5.41, 5.74) is 0.919. The van der Waals surface area contributed by atoms with Gasteiger partial charge in [-0.05, 0) is 35.6 Å². The van der Waals surface area contributed by atoms with Gasteiger partial charge in [0.2, 0.25) is 0 Å². The zero-order valence-corrected chi connectivity index (χ0v) is 12.5. The van der Waals surface area contributed by atoms with E-state index < -0.39 is 4.92 Å². The zero-order valence-electron chi connectivity index (χ0n) is 10.4. The lowest BCUT2D eigenvalue weighted by atomic mass is 10.2. The fraction of sp³-hybridized carbons (Fsp3) is 0.273. The van der Waals surface area contributed by atoms with Gasteiger partial charge in [0.25, 0.3) is 5.69 Å². The number of rotatable bonds is 4. The number of hydrogen-bond donors (Lipinski definition) is 1. The number of halogens is 1. The van der Waals surface area contributed by atoms with Gasteiger partial charge in [-0.3, -0.25) is 10.1 Å². The summed E-state index contributed by atoms with van der Waals surface area (Å²) in [5.74, 6) is 0.800. The van der Waals surface area contributed by atoms with E-state index >= 15 is 0 Å². The average Bonchev–Trinajstić information content (AvgIpc) is 2.77. The Morgan fingerprint density at radius 1 is 1.53 bits per heavy atom. The Morgan fingerprint density at radius 3 is 2.79 bits per heavy atom. The van der Waals surface area contributed by atoms with E-state index in [1.165, 1.54) is 12.1 Å². The lowest BCUT2D eigenvalue weighted by Gasteiger charge is -2.15. The van der Waals surface area contributed by atoms with Crippen molar-refractivity contribution in [2.45, 2.75) is 13.0 Å². The van der Waals surface area contributed by atoms with E-state index in [4.69, 9.17) is 0 Å². The van der Waals surface area contributed by atoms with Gasteiger partial charge in [0.15, 0.2) is 5.82 Å². The number of nitrogens with zero attached hydrogens (tertiary/aromatic N) is 4. The second-order valence-electron chi connectivity index (χ2n) is 4.09. The minimum atomic E-state index is -0.405. The highest BCUT2D eigenvalue weighted by Gasteiger charge is 2.14. The maximum atomic E-state index is 10.7. The van der Waals surface area contributed by atoms with Crippen LogP contribution in [0.4, 0.5) is 11.4 Å². The van der Waals surface area contributed by atoms with Crippen molar-refractivity contribution in [1.82, 2.24) is 14.8 Å². The molecular weight excluding hydrogens is 361 g/mol. The fourth-order valence-corrected chi connectivity index (χ4v) is 2.37. The summed E-state index contributed by atoms with van der Waals surface area (Å²) in [6.45, 7) is 1.96. The lowest BCUT2D eigenvalue weighted by molar-refractivity contribution is -0.384. The van der Waals surface area contributed by atoms with Crippen molar-refractivity contribution in [1.29, 1.82) is 0 Å². The molecule has 0 saturated heterocycles. The first-order valence-corrected chi connectivity index (χ1v) is 6.61. The largest absolute Gasteiger partial charge is 0.374 e. The molecule has 1 N–H and O–H groups in total. The van der Waals surface area contributed by atoms with Gasteiger partial charge >= 0.3 is 0 Å². The molecular formula is C11H12IN5O2. The molecule has 0 spiro atoms. The predicted octanol–water partition coefficient (Wildman–Crippen LogP) is 2.50. The summed E-state index contributed by atoms with van der Waals surface area (Å²) in [4.78, 5) is 10.3. The van der Waals surface area contributed by atoms with Gasteiger partial charge in [0.1, 0.15) is 6.33 Å². The van der Waals surface area contributed by atoms with Gasteiger partial charge in [-0.25, -0.2) is 0 Å². The van der Waals surface area contributed by atoms with E-state index in [-0.39, 0.29) is 11.7 Å². The average molecular weight is 373 g/mol. The second kappa shape index (κ2) is 5.51. The Morgan fingerprint density at radius 2 is 2.26 bits per heavy atom. The number of aryl methyl sites for hydroxylation is 1. The molecule has 1 heterocycles. The molecule has 1 aromatic heterocycles. The van der Waals surface area contributed by atoms with Crippen LogP contribution in [0.25, 0.3) is 0 Å². The van der Waals surface area contributed by atoms with Crippen LogP contribution < -0.4 is 5.32 Å². The summed E-state index contributed by atoms with van der Waals surface area (Å²) in [6.07, 6.45) is 1.63. The molecule has 100 valence electrons. The van der Waals surface area contributed by atoms with Crippen molar-refractivity contribution in [3.05, 3.63) is 44.0 Å². The molecule has 1 aromatic carbocycles. The fourth-order valence-electron chi connectivity index (χ4n) is 1.72. The predicted molar refractivity (Wildman–Crippen MR) is 78.9 cm³/mol. The third kappa shape index (κ3) is 3.00. The normalized spacial score (nSPS) is 12.2. The van der Waals surface area contributed by atoms with Crippen LogP contribution in [0.3, 0.4) is 0 Å². The van der Waals surface area contributed by atoms with Crippen LogP contribution in [0.15, 0.2) is 24.5 Å². The summed E-state index contributed by atoms with van der Waals surface area (Å²) in [6, 6.07) is 4.68. The number of nitro benzene ring substituents is 1. The quantitative estimate of drug-likeness (QED) is 0.506. The molecule has 0 aliphatic carbocycles. The number of benzene rings is 1. The monoisotopic (exact) mass is 373 g/mol. The summed E-state index contributed by atoms with van der Waals surface area (Å²) >= 11 is 2.07. The topological polar surface area (TPSA) is 85.9 Å². The van der Waals surface area contributed by atoms with Crippen LogP contribution in [-0.4, -0.2) is 19.7 Å². The number of hydrogen-bond acceptors (Lipinski definition) is 5. The number of anilines is 1. The van der Waals surface area contributed by atoms with Gasteiger partial charge in [0.05, 0.1) is 11.0 Å². The second-order valence-corrected chi connectivity index (χ2v) is 5.25. The summed E-state index contributed by atoms with van der Waals surface area (Å²) in [7, 11) is 1.87. The molecule has 0 saturated carbocycles. The first-order valence-electron chi connectivity index (χ1n) is 5.53. The van der Waals surface area contributed by atoms with E-state index in [9.17, 15) is 10.1 Å². The first kappa shape index (κ1) is 13.7. The summed E-state index contributed by atoms with van der Waals surface area (Å²) in [5, 5.41) is 21.8. The van der Waals surface area contributed by atoms with Crippen molar-refractivity contribution in [3.63, 3.8) is 0 Å². The van der Waals surface area contributed by atoms with E-state index in [0.717, 1.165) is 15.1 Å². The van der Waals surface area contributed by atoms with Crippen LogP contribution in [0.2, 0.25) is 0 Å². The van der Waals surface area contributed by atoms with Crippen LogP contribution in [0.1, 0.15) is 18.8 Å². The van der Waals surface area contributed by atoms with E-state index in [1.807, 2.05) is 18.5 Å². The maximum Gasteiger partial charge on any atom is 0.270 e. The molecule has 0 radical (unpaired) electrons. The standard InChI is InChI=1S/C11H12IN5O2/c1-7(11-15-13-6-16(11)2)14-10-4-3-8(17(18)19)5-9(10)12/h3-7,14H,1-2H3. The minimum absolute atomic E-state index is 0.0394. The molecule has 0 fully saturated rings. The number of non-ortho nitro benzene ring substituents is 1. The third-order valence-electron chi connectivity index (χ3n) is 2.67. The highest BCUT2D eigenvalue weighted by molar-refractivity contribution is 14.1.